The Morgan fingerprint density at radius 1 is 0.917 bits per heavy atom. The van der Waals surface area contributed by atoms with Gasteiger partial charge in [0, 0.05) is 24.1 Å². The Hall–Kier alpha value is -2.65. The minimum absolute atomic E-state index is 0.584. The third-order valence-electron chi connectivity index (χ3n) is 5.19. The predicted octanol–water partition coefficient (Wildman–Crippen LogP) is 3.30. The molecule has 0 radical (unpaired) electrons. The molecule has 3 aromatic carbocycles. The van der Waals surface area contributed by atoms with Crippen molar-refractivity contribution in [1.29, 1.82) is 0 Å². The Bertz CT molecular complexity index is 978. The van der Waals surface area contributed by atoms with E-state index >= 15 is 0 Å². The number of fused-ring (bicyclic) bond motifs is 4. The largest absolute Gasteiger partial charge is 0.366 e. The van der Waals surface area contributed by atoms with E-state index in [0.29, 0.717) is 6.42 Å². The van der Waals surface area contributed by atoms with E-state index in [-0.39, 0.29) is 0 Å². The molecule has 1 N–H and O–H groups in total. The van der Waals surface area contributed by atoms with Crippen molar-refractivity contribution in [3.05, 3.63) is 83.4 Å². The summed E-state index contributed by atoms with van der Waals surface area (Å²) >= 11 is 0. The number of nitrogens with zero attached hydrogens (tertiary/aromatic N) is 2. The van der Waals surface area contributed by atoms with Gasteiger partial charge in [0.25, 0.3) is 0 Å². The van der Waals surface area contributed by atoms with Gasteiger partial charge in [-0.05, 0) is 22.4 Å². The number of benzene rings is 3. The molecule has 1 unspecified atom stereocenters. The predicted molar refractivity (Wildman–Crippen MR) is 96.1 cm³/mol. The monoisotopic (exact) mass is 314 g/mol. The van der Waals surface area contributed by atoms with Gasteiger partial charge < -0.3 is 10.0 Å². The first-order valence-electron chi connectivity index (χ1n) is 8.38. The average molecular weight is 314 g/mol. The molecule has 2 aliphatic heterocycles. The number of amidine groups is 1. The van der Waals surface area contributed by atoms with Crippen LogP contribution in [0.1, 0.15) is 16.7 Å². The second-order valence-corrected chi connectivity index (χ2v) is 6.57. The van der Waals surface area contributed by atoms with Gasteiger partial charge in [0.05, 0.1) is 6.54 Å². The van der Waals surface area contributed by atoms with Crippen LogP contribution in [0.4, 0.5) is 0 Å². The van der Waals surface area contributed by atoms with Crippen molar-refractivity contribution in [2.75, 3.05) is 13.1 Å². The molecule has 5 rings (SSSR count). The minimum Gasteiger partial charge on any atom is -0.366 e. The number of hydrogen-bond acceptors (Lipinski definition) is 3. The molecule has 0 spiro atoms. The average Bonchev–Trinajstić information content (AvgIpc) is 3.12. The summed E-state index contributed by atoms with van der Waals surface area (Å²) in [4.78, 5) is 6.73. The summed E-state index contributed by atoms with van der Waals surface area (Å²) in [7, 11) is 0. The summed E-state index contributed by atoms with van der Waals surface area (Å²) in [6.45, 7) is 1.49. The number of hydrogen-bond donors (Lipinski definition) is 1. The van der Waals surface area contributed by atoms with Gasteiger partial charge in [-0.2, -0.15) is 0 Å². The van der Waals surface area contributed by atoms with Crippen LogP contribution in [0, 0.1) is 0 Å². The molecule has 0 aromatic heterocycles. The Labute approximate surface area is 140 Å². The second-order valence-electron chi connectivity index (χ2n) is 6.57. The quantitative estimate of drug-likeness (QED) is 0.748. The zero-order valence-corrected chi connectivity index (χ0v) is 13.3. The maximum atomic E-state index is 11.7. The zero-order valence-electron chi connectivity index (χ0n) is 13.3. The second kappa shape index (κ2) is 4.92. The van der Waals surface area contributed by atoms with Crippen molar-refractivity contribution in [2.24, 2.45) is 4.99 Å². The lowest BCUT2D eigenvalue weighted by Crippen LogP contribution is -2.53. The molecule has 0 fully saturated rings. The van der Waals surface area contributed by atoms with Crippen LogP contribution in [0.5, 0.6) is 0 Å². The summed E-state index contributed by atoms with van der Waals surface area (Å²) in [5, 5.41) is 14.0. The summed E-state index contributed by atoms with van der Waals surface area (Å²) in [6.07, 6.45) is 0.584. The molecule has 0 amide bonds. The van der Waals surface area contributed by atoms with E-state index in [4.69, 9.17) is 0 Å². The van der Waals surface area contributed by atoms with Crippen molar-refractivity contribution >= 4 is 16.6 Å². The van der Waals surface area contributed by atoms with E-state index < -0.39 is 5.72 Å². The summed E-state index contributed by atoms with van der Waals surface area (Å²) in [5.41, 5.74) is 2.21. The first-order chi connectivity index (χ1) is 11.8. The van der Waals surface area contributed by atoms with Gasteiger partial charge in [-0.15, -0.1) is 0 Å². The molecule has 3 nitrogen and oxygen atoms in total. The first kappa shape index (κ1) is 13.8. The van der Waals surface area contributed by atoms with E-state index in [1.807, 2.05) is 30.3 Å². The fourth-order valence-corrected chi connectivity index (χ4v) is 3.99. The Morgan fingerprint density at radius 2 is 1.71 bits per heavy atom. The highest BCUT2D eigenvalue weighted by atomic mass is 16.3. The van der Waals surface area contributed by atoms with Gasteiger partial charge >= 0.3 is 0 Å². The Balaban J connectivity index is 1.70. The van der Waals surface area contributed by atoms with Crippen LogP contribution < -0.4 is 0 Å². The SMILES string of the molecule is OC1(c2ccc3ccccc3c2)Cc2ccccc2C2=NCCN21. The van der Waals surface area contributed by atoms with Gasteiger partial charge in [-0.1, -0.05) is 60.7 Å². The lowest BCUT2D eigenvalue weighted by Gasteiger charge is -2.43. The molecule has 3 aromatic rings. The fourth-order valence-electron chi connectivity index (χ4n) is 3.99. The number of aliphatic hydroxyl groups is 1. The summed E-state index contributed by atoms with van der Waals surface area (Å²) < 4.78 is 0. The maximum absolute atomic E-state index is 11.7. The number of rotatable bonds is 1. The molecule has 2 aliphatic rings. The van der Waals surface area contributed by atoms with Crippen LogP contribution in [-0.2, 0) is 12.1 Å². The van der Waals surface area contributed by atoms with E-state index in [0.717, 1.165) is 41.0 Å². The van der Waals surface area contributed by atoms with Gasteiger partial charge in [0.15, 0.2) is 5.72 Å². The highest BCUT2D eigenvalue weighted by Gasteiger charge is 2.44. The Kier molecular flexibility index (Phi) is 2.82. The normalized spacial score (nSPS) is 22.2. The maximum Gasteiger partial charge on any atom is 0.169 e. The molecule has 118 valence electrons. The lowest BCUT2D eigenvalue weighted by atomic mass is 9.85. The van der Waals surface area contributed by atoms with Crippen LogP contribution in [0.3, 0.4) is 0 Å². The fraction of sp³-hybridized carbons (Fsp3) is 0.190. The summed E-state index contributed by atoms with van der Waals surface area (Å²) in [6, 6.07) is 22.8. The molecule has 0 saturated carbocycles. The molecule has 1 atom stereocenters. The Morgan fingerprint density at radius 3 is 2.62 bits per heavy atom. The molecule has 0 aliphatic carbocycles. The van der Waals surface area contributed by atoms with Crippen molar-refractivity contribution < 1.29 is 5.11 Å². The van der Waals surface area contributed by atoms with Gasteiger partial charge in [0.2, 0.25) is 0 Å². The third-order valence-corrected chi connectivity index (χ3v) is 5.19. The third kappa shape index (κ3) is 1.85. The van der Waals surface area contributed by atoms with Crippen molar-refractivity contribution in [1.82, 2.24) is 4.90 Å². The molecule has 3 heteroatoms. The first-order valence-corrected chi connectivity index (χ1v) is 8.38. The van der Waals surface area contributed by atoms with E-state index in [2.05, 4.69) is 46.3 Å². The highest BCUT2D eigenvalue weighted by molar-refractivity contribution is 6.02. The number of aliphatic imine (C=N–C) groups is 1. The van der Waals surface area contributed by atoms with Crippen LogP contribution in [0.25, 0.3) is 10.8 Å². The van der Waals surface area contributed by atoms with E-state index in [9.17, 15) is 5.11 Å². The molecule has 0 saturated heterocycles. The minimum atomic E-state index is -1.03. The van der Waals surface area contributed by atoms with Crippen LogP contribution in [0.15, 0.2) is 71.7 Å². The molecule has 24 heavy (non-hydrogen) atoms. The molecular formula is C21H18N2O. The van der Waals surface area contributed by atoms with Crippen LogP contribution >= 0.6 is 0 Å². The molecular weight excluding hydrogens is 296 g/mol. The van der Waals surface area contributed by atoms with Crippen molar-refractivity contribution in [2.45, 2.75) is 12.1 Å². The van der Waals surface area contributed by atoms with Gasteiger partial charge in [-0.3, -0.25) is 4.99 Å². The smallest absolute Gasteiger partial charge is 0.169 e. The van der Waals surface area contributed by atoms with Crippen molar-refractivity contribution in [3.63, 3.8) is 0 Å². The standard InChI is InChI=1S/C21H18N2O/c24-21(18-10-9-15-5-1-2-6-16(15)13-18)14-17-7-3-4-8-19(17)20-22-11-12-23(20)21/h1-10,13,24H,11-12,14H2. The highest BCUT2D eigenvalue weighted by Crippen LogP contribution is 2.39. The zero-order chi connectivity index (χ0) is 16.1. The molecule has 0 bridgehead atoms. The van der Waals surface area contributed by atoms with Gasteiger partial charge in [0.1, 0.15) is 5.84 Å². The topological polar surface area (TPSA) is 35.8 Å². The van der Waals surface area contributed by atoms with Crippen molar-refractivity contribution in [3.8, 4) is 0 Å². The van der Waals surface area contributed by atoms with Crippen LogP contribution in [0.2, 0.25) is 0 Å². The lowest BCUT2D eigenvalue weighted by molar-refractivity contribution is -0.0744. The summed E-state index contributed by atoms with van der Waals surface area (Å²) in [5.74, 6) is 0.924. The van der Waals surface area contributed by atoms with Crippen LogP contribution in [-0.4, -0.2) is 28.9 Å². The molecule has 2 heterocycles. The van der Waals surface area contributed by atoms with E-state index in [1.165, 1.54) is 5.39 Å². The van der Waals surface area contributed by atoms with E-state index in [1.54, 1.807) is 0 Å². The van der Waals surface area contributed by atoms with Gasteiger partial charge in [-0.25, -0.2) is 0 Å².